The molecule has 2 nitrogen and oxygen atoms in total. The van der Waals surface area contributed by atoms with Crippen molar-refractivity contribution in [3.8, 4) is 0 Å². The van der Waals surface area contributed by atoms with E-state index < -0.39 is 0 Å². The Morgan fingerprint density at radius 2 is 2.00 bits per heavy atom. The summed E-state index contributed by atoms with van der Waals surface area (Å²) in [5.74, 6) is 0. The van der Waals surface area contributed by atoms with Gasteiger partial charge in [0.05, 0.1) is 0 Å². The van der Waals surface area contributed by atoms with Gasteiger partial charge in [0.1, 0.15) is 0 Å². The Kier molecular flexibility index (Phi) is 4.22. The molecule has 0 unspecified atom stereocenters. The molecule has 88 valence electrons. The molecule has 1 aromatic carbocycles. The van der Waals surface area contributed by atoms with Crippen molar-refractivity contribution in [3.63, 3.8) is 0 Å². The highest BCUT2D eigenvalue weighted by atomic mass is 35.5. The van der Waals surface area contributed by atoms with Gasteiger partial charge in [0.2, 0.25) is 0 Å². The average Bonchev–Trinajstić information content (AvgIpc) is 2.80. The van der Waals surface area contributed by atoms with Crippen LogP contribution in [0.15, 0.2) is 18.2 Å². The van der Waals surface area contributed by atoms with Gasteiger partial charge in [-0.3, -0.25) is 0 Å². The summed E-state index contributed by atoms with van der Waals surface area (Å²) in [6.07, 6.45) is 3.74. The Labute approximate surface area is 102 Å². The second-order valence-electron chi connectivity index (χ2n) is 4.43. The number of nitrogens with two attached hydrogens (primary N) is 1. The van der Waals surface area contributed by atoms with Crippen molar-refractivity contribution in [2.24, 2.45) is 5.73 Å². The van der Waals surface area contributed by atoms with E-state index >= 15 is 0 Å². The summed E-state index contributed by atoms with van der Waals surface area (Å²) in [4.78, 5) is 2.51. The SMILES string of the molecule is NCc1ccc(CCN2CCCC2)c(Cl)c1. The van der Waals surface area contributed by atoms with E-state index in [1.54, 1.807) is 0 Å². The lowest BCUT2D eigenvalue weighted by Crippen LogP contribution is -2.22. The molecule has 0 bridgehead atoms. The fourth-order valence-corrected chi connectivity index (χ4v) is 2.50. The number of halogens is 1. The predicted octanol–water partition coefficient (Wildman–Crippen LogP) is 2.44. The molecule has 1 saturated heterocycles. The standard InChI is InChI=1S/C13H19ClN2/c14-13-9-11(10-15)3-4-12(13)5-8-16-6-1-2-7-16/h3-4,9H,1-2,5-8,10,15H2. The first kappa shape index (κ1) is 11.9. The largest absolute Gasteiger partial charge is 0.326 e. The summed E-state index contributed by atoms with van der Waals surface area (Å²) in [7, 11) is 0. The van der Waals surface area contributed by atoms with Crippen molar-refractivity contribution in [3.05, 3.63) is 34.3 Å². The van der Waals surface area contributed by atoms with Crippen molar-refractivity contribution >= 4 is 11.6 Å². The zero-order valence-electron chi connectivity index (χ0n) is 9.58. The predicted molar refractivity (Wildman–Crippen MR) is 68.7 cm³/mol. The van der Waals surface area contributed by atoms with Crippen LogP contribution < -0.4 is 5.73 Å². The molecule has 2 N–H and O–H groups in total. The Bertz CT molecular complexity index is 346. The number of hydrogen-bond acceptors (Lipinski definition) is 2. The van der Waals surface area contributed by atoms with Crippen molar-refractivity contribution in [2.75, 3.05) is 19.6 Å². The minimum Gasteiger partial charge on any atom is -0.326 e. The maximum atomic E-state index is 6.22. The average molecular weight is 239 g/mol. The van der Waals surface area contributed by atoms with Gasteiger partial charge < -0.3 is 10.6 Å². The second kappa shape index (κ2) is 5.67. The van der Waals surface area contributed by atoms with E-state index in [-0.39, 0.29) is 0 Å². The minimum atomic E-state index is 0.562. The molecule has 3 heteroatoms. The lowest BCUT2D eigenvalue weighted by molar-refractivity contribution is 0.343. The number of likely N-dealkylation sites (tertiary alicyclic amines) is 1. The monoisotopic (exact) mass is 238 g/mol. The molecule has 2 rings (SSSR count). The molecule has 0 atom stereocenters. The van der Waals surface area contributed by atoms with Gasteiger partial charge in [0, 0.05) is 18.1 Å². The molecule has 16 heavy (non-hydrogen) atoms. The van der Waals surface area contributed by atoms with Crippen LogP contribution in [0.5, 0.6) is 0 Å². The van der Waals surface area contributed by atoms with Gasteiger partial charge in [-0.05, 0) is 49.5 Å². The third-order valence-electron chi connectivity index (χ3n) is 3.25. The molecular weight excluding hydrogens is 220 g/mol. The van der Waals surface area contributed by atoms with E-state index in [1.807, 2.05) is 6.07 Å². The minimum absolute atomic E-state index is 0.562. The Morgan fingerprint density at radius 1 is 1.25 bits per heavy atom. The van der Waals surface area contributed by atoms with Crippen LogP contribution in [0.2, 0.25) is 5.02 Å². The van der Waals surface area contributed by atoms with Crippen LogP contribution >= 0.6 is 11.6 Å². The van der Waals surface area contributed by atoms with Crippen LogP contribution in [-0.4, -0.2) is 24.5 Å². The van der Waals surface area contributed by atoms with Crippen molar-refractivity contribution < 1.29 is 0 Å². The molecule has 1 heterocycles. The van der Waals surface area contributed by atoms with E-state index in [1.165, 1.54) is 31.5 Å². The summed E-state index contributed by atoms with van der Waals surface area (Å²) in [6.45, 7) is 4.19. The summed E-state index contributed by atoms with van der Waals surface area (Å²) in [5.41, 5.74) is 7.92. The van der Waals surface area contributed by atoms with E-state index in [2.05, 4.69) is 17.0 Å². The molecule has 0 spiro atoms. The second-order valence-corrected chi connectivity index (χ2v) is 4.84. The maximum absolute atomic E-state index is 6.22. The molecule has 1 aromatic rings. The quantitative estimate of drug-likeness (QED) is 0.873. The third-order valence-corrected chi connectivity index (χ3v) is 3.60. The lowest BCUT2D eigenvalue weighted by Gasteiger charge is -2.15. The number of nitrogens with zero attached hydrogens (tertiary/aromatic N) is 1. The summed E-state index contributed by atoms with van der Waals surface area (Å²) >= 11 is 6.22. The summed E-state index contributed by atoms with van der Waals surface area (Å²) in [5, 5.41) is 0.863. The molecule has 0 saturated carbocycles. The Hall–Kier alpha value is -0.570. The van der Waals surface area contributed by atoms with Gasteiger partial charge in [-0.15, -0.1) is 0 Å². The molecule has 0 aromatic heterocycles. The molecular formula is C13H19ClN2. The molecule has 1 aliphatic heterocycles. The zero-order valence-corrected chi connectivity index (χ0v) is 10.3. The van der Waals surface area contributed by atoms with Crippen molar-refractivity contribution in [1.82, 2.24) is 4.90 Å². The first-order valence-corrected chi connectivity index (χ1v) is 6.37. The first-order chi connectivity index (χ1) is 7.79. The van der Waals surface area contributed by atoms with Gasteiger partial charge in [-0.25, -0.2) is 0 Å². The third kappa shape index (κ3) is 2.97. The Morgan fingerprint density at radius 3 is 2.62 bits per heavy atom. The van der Waals surface area contributed by atoms with E-state index in [9.17, 15) is 0 Å². The van der Waals surface area contributed by atoms with E-state index in [0.717, 1.165) is 23.6 Å². The molecule has 0 aliphatic carbocycles. The van der Waals surface area contributed by atoms with Crippen LogP contribution in [0.1, 0.15) is 24.0 Å². The fraction of sp³-hybridized carbons (Fsp3) is 0.538. The lowest BCUT2D eigenvalue weighted by atomic mass is 10.1. The van der Waals surface area contributed by atoms with Gasteiger partial charge in [0.25, 0.3) is 0 Å². The summed E-state index contributed by atoms with van der Waals surface area (Å²) in [6, 6.07) is 6.17. The van der Waals surface area contributed by atoms with Crippen molar-refractivity contribution in [2.45, 2.75) is 25.8 Å². The van der Waals surface area contributed by atoms with E-state index in [0.29, 0.717) is 6.54 Å². The van der Waals surface area contributed by atoms with Crippen LogP contribution in [0, 0.1) is 0 Å². The first-order valence-electron chi connectivity index (χ1n) is 5.99. The smallest absolute Gasteiger partial charge is 0.0441 e. The highest BCUT2D eigenvalue weighted by molar-refractivity contribution is 6.31. The highest BCUT2D eigenvalue weighted by Gasteiger charge is 2.11. The molecule has 1 fully saturated rings. The van der Waals surface area contributed by atoms with Crippen LogP contribution in [0.25, 0.3) is 0 Å². The number of hydrogen-bond donors (Lipinski definition) is 1. The molecule has 1 aliphatic rings. The van der Waals surface area contributed by atoms with E-state index in [4.69, 9.17) is 17.3 Å². The number of benzene rings is 1. The van der Waals surface area contributed by atoms with Crippen LogP contribution in [-0.2, 0) is 13.0 Å². The van der Waals surface area contributed by atoms with Gasteiger partial charge in [-0.2, -0.15) is 0 Å². The summed E-state index contributed by atoms with van der Waals surface area (Å²) < 4.78 is 0. The molecule has 0 radical (unpaired) electrons. The Balaban J connectivity index is 1.93. The fourth-order valence-electron chi connectivity index (χ4n) is 2.21. The molecule has 0 amide bonds. The normalized spacial score (nSPS) is 16.9. The highest BCUT2D eigenvalue weighted by Crippen LogP contribution is 2.19. The van der Waals surface area contributed by atoms with Gasteiger partial charge in [-0.1, -0.05) is 23.7 Å². The maximum Gasteiger partial charge on any atom is 0.0441 e. The zero-order chi connectivity index (χ0) is 11.4. The van der Waals surface area contributed by atoms with Crippen LogP contribution in [0.3, 0.4) is 0 Å². The van der Waals surface area contributed by atoms with Gasteiger partial charge in [0.15, 0.2) is 0 Å². The topological polar surface area (TPSA) is 29.3 Å². The van der Waals surface area contributed by atoms with Gasteiger partial charge >= 0.3 is 0 Å². The number of rotatable bonds is 4. The van der Waals surface area contributed by atoms with Crippen molar-refractivity contribution in [1.29, 1.82) is 0 Å². The van der Waals surface area contributed by atoms with Crippen LogP contribution in [0.4, 0.5) is 0 Å².